The number of hydrogen-bond donors (Lipinski definition) is 1. The Balaban J connectivity index is 2.84. The molecule has 0 spiro atoms. The van der Waals surface area contributed by atoms with Crippen LogP contribution in [0.5, 0.6) is 5.88 Å². The molecule has 0 aliphatic carbocycles. The van der Waals surface area contributed by atoms with Crippen LogP contribution in [-0.2, 0) is 6.42 Å². The monoisotopic (exact) mass is 219 g/mol. The summed E-state index contributed by atoms with van der Waals surface area (Å²) in [5.41, 5.74) is 1.02. The second kappa shape index (κ2) is 6.67. The van der Waals surface area contributed by atoms with Gasteiger partial charge >= 0.3 is 0 Å². The van der Waals surface area contributed by atoms with E-state index in [-0.39, 0.29) is 0 Å². The molecule has 4 nitrogen and oxygen atoms in total. The average Bonchev–Trinajstić information content (AvgIpc) is 2.31. The lowest BCUT2D eigenvalue weighted by atomic mass is 10.2. The number of nitrogens with one attached hydrogen (secondary N) is 1. The molecule has 0 saturated heterocycles. The minimum Gasteiger partial charge on any atom is -0.476 e. The maximum atomic E-state index is 5.54. The number of ether oxygens (including phenoxy) is 1. The molecule has 0 amide bonds. The Morgan fingerprint density at radius 1 is 1.50 bits per heavy atom. The summed E-state index contributed by atoms with van der Waals surface area (Å²) in [5, 5.41) is 3.04. The lowest BCUT2D eigenvalue weighted by molar-refractivity contribution is 0.310. The molecule has 0 bridgehead atoms. The van der Waals surface area contributed by atoms with Gasteiger partial charge in [-0.05, 0) is 6.42 Å². The molecule has 1 aromatic rings. The van der Waals surface area contributed by atoms with E-state index >= 15 is 0 Å². The van der Waals surface area contributed by atoms with Crippen molar-refractivity contribution in [1.82, 2.24) is 9.97 Å². The summed E-state index contributed by atoms with van der Waals surface area (Å²) in [7, 11) is 1.84. The molecule has 1 N–H and O–H groups in total. The van der Waals surface area contributed by atoms with Gasteiger partial charge in [0.05, 0.1) is 5.56 Å². The molecule has 0 fully saturated rings. The Morgan fingerprint density at radius 3 is 2.94 bits per heavy atom. The first-order chi connectivity index (χ1) is 7.83. The Hall–Kier alpha value is -1.76. The first kappa shape index (κ1) is 12.3. The highest BCUT2D eigenvalue weighted by Gasteiger charge is 2.10. The first-order valence-corrected chi connectivity index (χ1v) is 5.41. The van der Waals surface area contributed by atoms with Gasteiger partial charge in [-0.1, -0.05) is 13.3 Å². The van der Waals surface area contributed by atoms with Crippen LogP contribution in [0.2, 0.25) is 0 Å². The maximum absolute atomic E-state index is 5.54. The zero-order valence-electron chi connectivity index (χ0n) is 9.79. The van der Waals surface area contributed by atoms with Crippen molar-refractivity contribution in [3.63, 3.8) is 0 Å². The van der Waals surface area contributed by atoms with Crippen LogP contribution < -0.4 is 10.1 Å². The van der Waals surface area contributed by atoms with Gasteiger partial charge in [0.2, 0.25) is 5.88 Å². The highest BCUT2D eigenvalue weighted by Crippen LogP contribution is 2.23. The highest BCUT2D eigenvalue weighted by atomic mass is 16.5. The smallest absolute Gasteiger partial charge is 0.221 e. The second-order valence-electron chi connectivity index (χ2n) is 3.31. The molecule has 4 heteroatoms. The Labute approximate surface area is 96.5 Å². The van der Waals surface area contributed by atoms with Crippen molar-refractivity contribution < 1.29 is 4.74 Å². The Morgan fingerprint density at radius 2 is 2.31 bits per heavy atom. The summed E-state index contributed by atoms with van der Waals surface area (Å²) < 4.78 is 5.54. The fourth-order valence-corrected chi connectivity index (χ4v) is 1.42. The van der Waals surface area contributed by atoms with Crippen LogP contribution in [0.25, 0.3) is 0 Å². The van der Waals surface area contributed by atoms with Crippen molar-refractivity contribution in [3.05, 3.63) is 11.9 Å². The molecule has 0 aliphatic rings. The first-order valence-electron chi connectivity index (χ1n) is 5.41. The van der Waals surface area contributed by atoms with Crippen molar-refractivity contribution in [2.24, 2.45) is 0 Å². The Bertz CT molecular complexity index is 371. The molecule has 1 heterocycles. The third-order valence-corrected chi connectivity index (χ3v) is 2.13. The number of hydrogen-bond acceptors (Lipinski definition) is 4. The number of anilines is 1. The molecule has 0 unspecified atom stereocenters. The zero-order chi connectivity index (χ0) is 11.8. The van der Waals surface area contributed by atoms with Gasteiger partial charge in [0, 0.05) is 13.5 Å². The van der Waals surface area contributed by atoms with Crippen molar-refractivity contribution in [1.29, 1.82) is 0 Å². The van der Waals surface area contributed by atoms with Crippen molar-refractivity contribution in [2.75, 3.05) is 19.0 Å². The van der Waals surface area contributed by atoms with E-state index in [1.54, 1.807) is 0 Å². The van der Waals surface area contributed by atoms with Crippen LogP contribution in [0.1, 0.15) is 25.3 Å². The van der Waals surface area contributed by atoms with Gasteiger partial charge in [-0.2, -0.15) is 0 Å². The molecule has 0 aliphatic heterocycles. The van der Waals surface area contributed by atoms with E-state index in [0.717, 1.165) is 24.2 Å². The van der Waals surface area contributed by atoms with Gasteiger partial charge in [0.15, 0.2) is 0 Å². The topological polar surface area (TPSA) is 47.0 Å². The molecule has 0 radical (unpaired) electrons. The van der Waals surface area contributed by atoms with Crippen LogP contribution in [0.4, 0.5) is 5.82 Å². The van der Waals surface area contributed by atoms with E-state index in [4.69, 9.17) is 11.2 Å². The van der Waals surface area contributed by atoms with E-state index in [1.165, 1.54) is 6.33 Å². The maximum Gasteiger partial charge on any atom is 0.221 e. The largest absolute Gasteiger partial charge is 0.476 e. The van der Waals surface area contributed by atoms with Crippen LogP contribution in [0.15, 0.2) is 6.33 Å². The van der Waals surface area contributed by atoms with Gasteiger partial charge in [0.25, 0.3) is 0 Å². The molecular formula is C12H17N3O. The van der Waals surface area contributed by atoms with E-state index in [1.807, 2.05) is 7.05 Å². The molecule has 1 aromatic heterocycles. The third-order valence-electron chi connectivity index (χ3n) is 2.13. The quantitative estimate of drug-likeness (QED) is 0.586. The molecule has 86 valence electrons. The molecule has 0 aromatic carbocycles. The lowest BCUT2D eigenvalue weighted by Crippen LogP contribution is -2.06. The van der Waals surface area contributed by atoms with Gasteiger partial charge in [-0.25, -0.2) is 9.97 Å². The van der Waals surface area contributed by atoms with Crippen molar-refractivity contribution in [2.45, 2.75) is 26.2 Å². The van der Waals surface area contributed by atoms with Crippen LogP contribution in [-0.4, -0.2) is 23.6 Å². The highest BCUT2D eigenvalue weighted by molar-refractivity contribution is 5.48. The van der Waals surface area contributed by atoms with Crippen LogP contribution in [0, 0.1) is 12.3 Å². The SMILES string of the molecule is C#CCCOc1ncnc(NC)c1CCC. The van der Waals surface area contributed by atoms with E-state index in [0.29, 0.717) is 18.9 Å². The molecule has 0 atom stereocenters. The summed E-state index contributed by atoms with van der Waals surface area (Å²) >= 11 is 0. The van der Waals surface area contributed by atoms with Gasteiger partial charge in [-0.15, -0.1) is 12.3 Å². The fraction of sp³-hybridized carbons (Fsp3) is 0.500. The molecular weight excluding hydrogens is 202 g/mol. The van der Waals surface area contributed by atoms with Gasteiger partial charge < -0.3 is 10.1 Å². The molecule has 0 saturated carbocycles. The summed E-state index contributed by atoms with van der Waals surface area (Å²) in [6.07, 6.45) is 9.17. The summed E-state index contributed by atoms with van der Waals surface area (Å²) in [5.74, 6) is 4.00. The average molecular weight is 219 g/mol. The number of aromatic nitrogens is 2. The minimum atomic E-state index is 0.493. The Kier molecular flexibility index (Phi) is 5.13. The standard InChI is InChI=1S/C12H17N3O/c1-4-6-8-16-12-10(7-5-2)11(13-3)14-9-15-12/h1,9H,5-8H2,2-3H3,(H,13,14,15). The summed E-state index contributed by atoms with van der Waals surface area (Å²) in [6.45, 7) is 2.60. The third kappa shape index (κ3) is 3.13. The second-order valence-corrected chi connectivity index (χ2v) is 3.31. The predicted octanol–water partition coefficient (Wildman–Crippen LogP) is 1.87. The fourth-order valence-electron chi connectivity index (χ4n) is 1.42. The minimum absolute atomic E-state index is 0.493. The summed E-state index contributed by atoms with van der Waals surface area (Å²) in [6, 6.07) is 0. The summed E-state index contributed by atoms with van der Waals surface area (Å²) in [4.78, 5) is 8.30. The van der Waals surface area contributed by atoms with E-state index in [9.17, 15) is 0 Å². The number of nitrogens with zero attached hydrogens (tertiary/aromatic N) is 2. The van der Waals surface area contributed by atoms with E-state index < -0.39 is 0 Å². The molecule has 16 heavy (non-hydrogen) atoms. The predicted molar refractivity (Wildman–Crippen MR) is 64.5 cm³/mol. The zero-order valence-corrected chi connectivity index (χ0v) is 9.79. The number of rotatable bonds is 6. The lowest BCUT2D eigenvalue weighted by Gasteiger charge is -2.11. The van der Waals surface area contributed by atoms with Crippen LogP contribution >= 0.6 is 0 Å². The van der Waals surface area contributed by atoms with Gasteiger partial charge in [0.1, 0.15) is 18.8 Å². The van der Waals surface area contributed by atoms with Crippen LogP contribution in [0.3, 0.4) is 0 Å². The van der Waals surface area contributed by atoms with Crippen molar-refractivity contribution in [3.8, 4) is 18.2 Å². The van der Waals surface area contributed by atoms with Crippen molar-refractivity contribution >= 4 is 5.82 Å². The van der Waals surface area contributed by atoms with Gasteiger partial charge in [-0.3, -0.25) is 0 Å². The normalized spacial score (nSPS) is 9.56. The molecule has 1 rings (SSSR count). The van der Waals surface area contributed by atoms with E-state index in [2.05, 4.69) is 28.1 Å². The number of terminal acetylenes is 1.